The second kappa shape index (κ2) is 8.66. The zero-order chi connectivity index (χ0) is 20.2. The summed E-state index contributed by atoms with van der Waals surface area (Å²) in [6.07, 6.45) is 0.854. The maximum absolute atomic E-state index is 13.1. The van der Waals surface area contributed by atoms with Gasteiger partial charge in [-0.3, -0.25) is 9.59 Å². The molecule has 0 radical (unpaired) electrons. The number of amides is 2. The molecule has 0 aliphatic carbocycles. The van der Waals surface area contributed by atoms with Gasteiger partial charge in [-0.25, -0.2) is 0 Å². The summed E-state index contributed by atoms with van der Waals surface area (Å²) in [6.45, 7) is 5.76. The third-order valence-corrected chi connectivity index (χ3v) is 5.68. The van der Waals surface area contributed by atoms with Crippen molar-refractivity contribution in [3.63, 3.8) is 0 Å². The maximum Gasteiger partial charge on any atom is 0.242 e. The zero-order valence-electron chi connectivity index (χ0n) is 16.8. The van der Waals surface area contributed by atoms with Crippen LogP contribution < -0.4 is 9.80 Å². The zero-order valence-corrected chi connectivity index (χ0v) is 16.8. The van der Waals surface area contributed by atoms with Crippen molar-refractivity contribution in [2.24, 2.45) is 0 Å². The van der Waals surface area contributed by atoms with Crippen LogP contribution in [0.2, 0.25) is 0 Å². The minimum absolute atomic E-state index is 0.0218. The largest absolute Gasteiger partial charge is 0.378 e. The SMILES string of the molecule is CC(=O)N(CC(=O)N1CCc2ccccc2C1)c1ccccc1N1CCOCC1. The van der Waals surface area contributed by atoms with E-state index < -0.39 is 0 Å². The fourth-order valence-corrected chi connectivity index (χ4v) is 4.07. The van der Waals surface area contributed by atoms with Crippen molar-refractivity contribution in [2.45, 2.75) is 19.9 Å². The molecule has 2 amide bonds. The molecule has 2 aliphatic heterocycles. The molecule has 0 bridgehead atoms. The van der Waals surface area contributed by atoms with Crippen LogP contribution in [-0.4, -0.2) is 56.1 Å². The summed E-state index contributed by atoms with van der Waals surface area (Å²) in [7, 11) is 0. The third kappa shape index (κ3) is 4.27. The Bertz CT molecular complexity index is 892. The predicted octanol–water partition coefficient (Wildman–Crippen LogP) is 2.46. The van der Waals surface area contributed by atoms with Crippen LogP contribution in [0.1, 0.15) is 18.1 Å². The van der Waals surface area contributed by atoms with E-state index >= 15 is 0 Å². The summed E-state index contributed by atoms with van der Waals surface area (Å²) in [5, 5.41) is 0. The van der Waals surface area contributed by atoms with E-state index in [1.165, 1.54) is 18.1 Å². The van der Waals surface area contributed by atoms with E-state index in [1.54, 1.807) is 4.90 Å². The van der Waals surface area contributed by atoms with Crippen LogP contribution in [0.3, 0.4) is 0 Å². The predicted molar refractivity (Wildman–Crippen MR) is 113 cm³/mol. The van der Waals surface area contributed by atoms with E-state index in [9.17, 15) is 9.59 Å². The summed E-state index contributed by atoms with van der Waals surface area (Å²) >= 11 is 0. The number of nitrogens with zero attached hydrogens (tertiary/aromatic N) is 3. The van der Waals surface area contributed by atoms with Gasteiger partial charge in [0.2, 0.25) is 11.8 Å². The number of carbonyl (C=O) groups excluding carboxylic acids is 2. The minimum atomic E-state index is -0.128. The van der Waals surface area contributed by atoms with E-state index in [4.69, 9.17) is 4.74 Å². The van der Waals surface area contributed by atoms with Gasteiger partial charge in [0.1, 0.15) is 6.54 Å². The van der Waals surface area contributed by atoms with Crippen LogP contribution in [0.5, 0.6) is 0 Å². The number of fused-ring (bicyclic) bond motifs is 1. The Morgan fingerprint density at radius 3 is 2.41 bits per heavy atom. The summed E-state index contributed by atoms with van der Waals surface area (Å²) in [6, 6.07) is 16.1. The fraction of sp³-hybridized carbons (Fsp3) is 0.391. The second-order valence-corrected chi connectivity index (χ2v) is 7.53. The van der Waals surface area contributed by atoms with E-state index in [1.807, 2.05) is 41.3 Å². The molecule has 0 atom stereocenters. The Hall–Kier alpha value is -2.86. The highest BCUT2D eigenvalue weighted by atomic mass is 16.5. The standard InChI is InChI=1S/C23H27N3O3/c1-18(27)26(22-9-5-4-8-21(22)24-12-14-29-15-13-24)17-23(28)25-11-10-19-6-2-3-7-20(19)16-25/h2-9H,10-17H2,1H3. The molecule has 152 valence electrons. The normalized spacial score (nSPS) is 16.3. The third-order valence-electron chi connectivity index (χ3n) is 5.68. The van der Waals surface area contributed by atoms with Crippen molar-refractivity contribution >= 4 is 23.2 Å². The molecule has 1 fully saturated rings. The first-order valence-corrected chi connectivity index (χ1v) is 10.2. The van der Waals surface area contributed by atoms with Gasteiger partial charge < -0.3 is 19.4 Å². The first-order valence-electron chi connectivity index (χ1n) is 10.2. The molecule has 6 heteroatoms. The number of morpholine rings is 1. The Morgan fingerprint density at radius 2 is 1.66 bits per heavy atom. The highest BCUT2D eigenvalue weighted by Gasteiger charge is 2.26. The van der Waals surface area contributed by atoms with Crippen molar-refractivity contribution in [3.8, 4) is 0 Å². The number of ether oxygens (including phenoxy) is 1. The Kier molecular flexibility index (Phi) is 5.81. The Balaban J connectivity index is 1.53. The van der Waals surface area contributed by atoms with Crippen LogP contribution in [0.15, 0.2) is 48.5 Å². The Morgan fingerprint density at radius 1 is 0.966 bits per heavy atom. The van der Waals surface area contributed by atoms with Gasteiger partial charge in [-0.05, 0) is 29.7 Å². The molecule has 1 saturated heterocycles. The number of carbonyl (C=O) groups is 2. The molecular weight excluding hydrogens is 366 g/mol. The van der Waals surface area contributed by atoms with E-state index in [-0.39, 0.29) is 18.4 Å². The van der Waals surface area contributed by atoms with Gasteiger partial charge in [0, 0.05) is 33.1 Å². The molecule has 0 aromatic heterocycles. The topological polar surface area (TPSA) is 53.1 Å². The van der Waals surface area contributed by atoms with Crippen LogP contribution in [0, 0.1) is 0 Å². The van der Waals surface area contributed by atoms with Crippen LogP contribution in [-0.2, 0) is 27.3 Å². The van der Waals surface area contributed by atoms with Gasteiger partial charge in [-0.2, -0.15) is 0 Å². The molecule has 6 nitrogen and oxygen atoms in total. The average Bonchev–Trinajstić information content (AvgIpc) is 2.77. The molecule has 2 heterocycles. The number of hydrogen-bond acceptors (Lipinski definition) is 4. The van der Waals surface area contributed by atoms with Gasteiger partial charge in [-0.1, -0.05) is 36.4 Å². The molecule has 2 aromatic rings. The summed E-state index contributed by atoms with van der Waals surface area (Å²) in [4.78, 5) is 31.3. The second-order valence-electron chi connectivity index (χ2n) is 7.53. The van der Waals surface area contributed by atoms with E-state index in [0.717, 1.165) is 30.9 Å². The highest BCUT2D eigenvalue weighted by molar-refractivity contribution is 6.00. The minimum Gasteiger partial charge on any atom is -0.378 e. The average molecular weight is 393 g/mol. The van der Waals surface area contributed by atoms with Crippen LogP contribution in [0.4, 0.5) is 11.4 Å². The molecule has 0 N–H and O–H groups in total. The number of hydrogen-bond donors (Lipinski definition) is 0. The molecule has 0 saturated carbocycles. The van der Waals surface area contributed by atoms with Crippen molar-refractivity contribution in [2.75, 3.05) is 49.2 Å². The maximum atomic E-state index is 13.1. The number of para-hydroxylation sites is 2. The Labute approximate surface area is 171 Å². The van der Waals surface area contributed by atoms with Gasteiger partial charge in [0.05, 0.1) is 24.6 Å². The van der Waals surface area contributed by atoms with Crippen molar-refractivity contribution in [1.82, 2.24) is 4.90 Å². The van der Waals surface area contributed by atoms with Crippen molar-refractivity contribution < 1.29 is 14.3 Å². The molecule has 29 heavy (non-hydrogen) atoms. The molecule has 2 aromatic carbocycles. The van der Waals surface area contributed by atoms with Gasteiger partial charge >= 0.3 is 0 Å². The molecule has 4 rings (SSSR count). The lowest BCUT2D eigenvalue weighted by Gasteiger charge is -2.34. The van der Waals surface area contributed by atoms with Crippen LogP contribution >= 0.6 is 0 Å². The number of rotatable bonds is 4. The van der Waals surface area contributed by atoms with E-state index in [0.29, 0.717) is 26.3 Å². The first kappa shape index (κ1) is 19.5. The smallest absolute Gasteiger partial charge is 0.242 e. The highest BCUT2D eigenvalue weighted by Crippen LogP contribution is 2.30. The first-order chi connectivity index (χ1) is 14.1. The lowest BCUT2D eigenvalue weighted by molar-refractivity contribution is -0.132. The summed E-state index contributed by atoms with van der Waals surface area (Å²) in [5.41, 5.74) is 4.25. The molecule has 0 spiro atoms. The fourth-order valence-electron chi connectivity index (χ4n) is 4.07. The monoisotopic (exact) mass is 393 g/mol. The van der Waals surface area contributed by atoms with Gasteiger partial charge in [-0.15, -0.1) is 0 Å². The summed E-state index contributed by atoms with van der Waals surface area (Å²) in [5.74, 6) is -0.150. The van der Waals surface area contributed by atoms with Crippen molar-refractivity contribution in [3.05, 3.63) is 59.7 Å². The van der Waals surface area contributed by atoms with Crippen LogP contribution in [0.25, 0.3) is 0 Å². The summed E-state index contributed by atoms with van der Waals surface area (Å²) < 4.78 is 5.46. The van der Waals surface area contributed by atoms with Crippen molar-refractivity contribution in [1.29, 1.82) is 0 Å². The molecule has 0 unspecified atom stereocenters. The molecule has 2 aliphatic rings. The number of benzene rings is 2. The lowest BCUT2D eigenvalue weighted by atomic mass is 10.00. The number of anilines is 2. The van der Waals surface area contributed by atoms with Gasteiger partial charge in [0.25, 0.3) is 0 Å². The lowest BCUT2D eigenvalue weighted by Crippen LogP contribution is -2.45. The van der Waals surface area contributed by atoms with E-state index in [2.05, 4.69) is 17.0 Å². The van der Waals surface area contributed by atoms with Gasteiger partial charge in [0.15, 0.2) is 0 Å². The quantitative estimate of drug-likeness (QED) is 0.801. The molecular formula is C23H27N3O3.